The average Bonchev–Trinajstić information content (AvgIpc) is 2.71. The van der Waals surface area contributed by atoms with E-state index in [9.17, 15) is 4.79 Å². The van der Waals surface area contributed by atoms with Crippen molar-refractivity contribution in [2.75, 3.05) is 27.9 Å². The van der Waals surface area contributed by atoms with Crippen LogP contribution < -0.4 is 14.8 Å². The van der Waals surface area contributed by atoms with Crippen LogP contribution in [0.15, 0.2) is 18.2 Å². The van der Waals surface area contributed by atoms with Gasteiger partial charge in [-0.3, -0.25) is 4.79 Å². The van der Waals surface area contributed by atoms with Crippen LogP contribution in [-0.2, 0) is 14.3 Å². The van der Waals surface area contributed by atoms with Crippen LogP contribution in [0.3, 0.4) is 0 Å². The summed E-state index contributed by atoms with van der Waals surface area (Å²) < 4.78 is 22.6. The maximum absolute atomic E-state index is 12.6. The molecule has 6 heteroatoms. The first-order chi connectivity index (χ1) is 13.9. The molecule has 0 aromatic heterocycles. The second-order valence-corrected chi connectivity index (χ2v) is 8.71. The zero-order chi connectivity index (χ0) is 21.0. The van der Waals surface area contributed by atoms with Gasteiger partial charge >= 0.3 is 0 Å². The van der Waals surface area contributed by atoms with Crippen molar-refractivity contribution in [1.29, 1.82) is 0 Å². The van der Waals surface area contributed by atoms with Crippen LogP contribution in [0.1, 0.15) is 57.6 Å². The molecule has 2 fully saturated rings. The van der Waals surface area contributed by atoms with Gasteiger partial charge in [-0.15, -0.1) is 0 Å². The molecule has 0 spiro atoms. The predicted molar refractivity (Wildman–Crippen MR) is 111 cm³/mol. The maximum Gasteiger partial charge on any atom is 0.222 e. The van der Waals surface area contributed by atoms with Crippen LogP contribution in [0.25, 0.3) is 0 Å². The molecule has 0 bridgehead atoms. The molecule has 1 aromatic carbocycles. The van der Waals surface area contributed by atoms with Crippen molar-refractivity contribution in [3.63, 3.8) is 0 Å². The first-order valence-corrected chi connectivity index (χ1v) is 10.6. The first kappa shape index (κ1) is 21.9. The van der Waals surface area contributed by atoms with Crippen LogP contribution in [0, 0.1) is 11.8 Å². The zero-order valence-electron chi connectivity index (χ0n) is 18.3. The molecule has 1 heterocycles. The number of nitrogens with one attached hydrogen (secondary N) is 1. The van der Waals surface area contributed by atoms with Gasteiger partial charge in [0.25, 0.3) is 0 Å². The number of ether oxygens (including phenoxy) is 4. The molecular formula is C23H35NO5. The number of benzene rings is 1. The molecular weight excluding hydrogens is 370 g/mol. The molecule has 0 radical (unpaired) electrons. The minimum atomic E-state index is -0.314. The van der Waals surface area contributed by atoms with E-state index in [2.05, 4.69) is 19.2 Å². The maximum atomic E-state index is 12.6. The minimum Gasteiger partial charge on any atom is -0.493 e. The van der Waals surface area contributed by atoms with Gasteiger partial charge in [0.2, 0.25) is 5.91 Å². The van der Waals surface area contributed by atoms with Gasteiger partial charge in [-0.1, -0.05) is 19.4 Å². The molecule has 0 unspecified atom stereocenters. The Morgan fingerprint density at radius 2 is 1.97 bits per heavy atom. The highest BCUT2D eigenvalue weighted by atomic mass is 16.5. The Kier molecular flexibility index (Phi) is 7.06. The smallest absolute Gasteiger partial charge is 0.222 e. The monoisotopic (exact) mass is 405 g/mol. The van der Waals surface area contributed by atoms with E-state index in [1.165, 1.54) is 6.42 Å². The summed E-state index contributed by atoms with van der Waals surface area (Å²) in [5, 5.41) is 3.34. The molecule has 1 saturated heterocycles. The molecule has 6 nitrogen and oxygen atoms in total. The lowest BCUT2D eigenvalue weighted by Gasteiger charge is -2.52. The second kappa shape index (κ2) is 9.35. The van der Waals surface area contributed by atoms with E-state index in [1.54, 1.807) is 21.3 Å². The van der Waals surface area contributed by atoms with Gasteiger partial charge in [-0.25, -0.2) is 0 Å². The lowest BCUT2D eigenvalue weighted by atomic mass is 9.66. The topological polar surface area (TPSA) is 66.0 Å². The molecule has 1 saturated carbocycles. The van der Waals surface area contributed by atoms with Gasteiger partial charge in [-0.2, -0.15) is 0 Å². The van der Waals surface area contributed by atoms with Crippen LogP contribution in [0.2, 0.25) is 0 Å². The molecule has 1 N–H and O–H groups in total. The van der Waals surface area contributed by atoms with E-state index in [1.807, 2.05) is 18.2 Å². The summed E-state index contributed by atoms with van der Waals surface area (Å²) in [6.45, 7) is 4.90. The number of carbonyl (C=O) groups excluding carboxylic acids is 1. The number of methoxy groups -OCH3 is 3. The SMILES string of the molecule is COCCC(=O)N[C@]1(C)C[C@H](c2ccc(OC)c(OC)c2)O[C@@H]2C[C@H](C)CC[C@H]21. The molecule has 29 heavy (non-hydrogen) atoms. The number of amides is 1. The number of carbonyl (C=O) groups is 1. The summed E-state index contributed by atoms with van der Waals surface area (Å²) in [7, 11) is 4.90. The number of rotatable bonds is 7. The molecule has 5 atom stereocenters. The highest BCUT2D eigenvalue weighted by Gasteiger charge is 2.49. The highest BCUT2D eigenvalue weighted by Crippen LogP contribution is 2.48. The van der Waals surface area contributed by atoms with Gasteiger partial charge in [0, 0.05) is 31.4 Å². The molecule has 1 aliphatic carbocycles. The molecule has 162 valence electrons. The van der Waals surface area contributed by atoms with Gasteiger partial charge in [0.05, 0.1) is 33.0 Å². The molecule has 2 aliphatic rings. The summed E-state index contributed by atoms with van der Waals surface area (Å²) in [5.74, 6) is 2.39. The third-order valence-electron chi connectivity index (χ3n) is 6.56. The first-order valence-electron chi connectivity index (χ1n) is 10.6. The van der Waals surface area contributed by atoms with Gasteiger partial charge in [-0.05, 0) is 43.4 Å². The third kappa shape index (κ3) is 4.86. The Morgan fingerprint density at radius 3 is 2.66 bits per heavy atom. The average molecular weight is 406 g/mol. The Labute approximate surface area is 174 Å². The fraction of sp³-hybridized carbons (Fsp3) is 0.696. The highest BCUT2D eigenvalue weighted by molar-refractivity contribution is 5.77. The zero-order valence-corrected chi connectivity index (χ0v) is 18.3. The number of fused-ring (bicyclic) bond motifs is 1. The van der Waals surface area contributed by atoms with Crippen LogP contribution in [0.4, 0.5) is 0 Å². The van der Waals surface area contributed by atoms with E-state index in [0.717, 1.165) is 24.8 Å². The van der Waals surface area contributed by atoms with Crippen molar-refractivity contribution in [2.24, 2.45) is 11.8 Å². The lowest BCUT2D eigenvalue weighted by Crippen LogP contribution is -2.60. The standard InChI is InChI=1S/C23H35NO5/c1-15-6-8-17-19(12-15)29-21(14-23(17,2)24-22(25)10-11-26-3)16-7-9-18(27-4)20(13-16)28-5/h7,9,13,15,17,19,21H,6,8,10-12,14H2,1-5H3,(H,24,25)/t15-,17-,19-,21-,23-/m1/s1. The molecule has 1 aliphatic heterocycles. The third-order valence-corrected chi connectivity index (χ3v) is 6.56. The Morgan fingerprint density at radius 1 is 1.21 bits per heavy atom. The van der Waals surface area contributed by atoms with Crippen LogP contribution >= 0.6 is 0 Å². The largest absolute Gasteiger partial charge is 0.493 e. The lowest BCUT2D eigenvalue weighted by molar-refractivity contribution is -0.154. The Hall–Kier alpha value is -1.79. The van der Waals surface area contributed by atoms with Crippen LogP contribution in [-0.4, -0.2) is 45.5 Å². The van der Waals surface area contributed by atoms with Crippen molar-refractivity contribution >= 4 is 5.91 Å². The quantitative estimate of drug-likeness (QED) is 0.746. The fourth-order valence-electron chi connectivity index (χ4n) is 4.97. The molecule has 1 aromatic rings. The Bertz CT molecular complexity index is 709. The molecule has 1 amide bonds. The number of hydrogen-bond acceptors (Lipinski definition) is 5. The Balaban J connectivity index is 1.87. The predicted octanol–water partition coefficient (Wildman–Crippen LogP) is 3.88. The summed E-state index contributed by atoms with van der Waals surface area (Å²) in [6.07, 6.45) is 4.42. The van der Waals surface area contributed by atoms with Gasteiger partial charge < -0.3 is 24.3 Å². The molecule has 3 rings (SSSR count). The van der Waals surface area contributed by atoms with E-state index in [4.69, 9.17) is 18.9 Å². The van der Waals surface area contributed by atoms with Crippen molar-refractivity contribution < 1.29 is 23.7 Å². The fourth-order valence-corrected chi connectivity index (χ4v) is 4.97. The van der Waals surface area contributed by atoms with E-state index in [-0.39, 0.29) is 23.7 Å². The number of hydrogen-bond donors (Lipinski definition) is 1. The second-order valence-electron chi connectivity index (χ2n) is 8.71. The van der Waals surface area contributed by atoms with Crippen molar-refractivity contribution in [1.82, 2.24) is 5.32 Å². The van der Waals surface area contributed by atoms with E-state index < -0.39 is 0 Å². The van der Waals surface area contributed by atoms with Crippen molar-refractivity contribution in [3.8, 4) is 11.5 Å². The van der Waals surface area contributed by atoms with Gasteiger partial charge in [0.15, 0.2) is 11.5 Å². The van der Waals surface area contributed by atoms with Crippen molar-refractivity contribution in [3.05, 3.63) is 23.8 Å². The van der Waals surface area contributed by atoms with Crippen LogP contribution in [0.5, 0.6) is 11.5 Å². The summed E-state index contributed by atoms with van der Waals surface area (Å²) >= 11 is 0. The van der Waals surface area contributed by atoms with E-state index >= 15 is 0 Å². The summed E-state index contributed by atoms with van der Waals surface area (Å²) in [5.41, 5.74) is 0.739. The minimum absolute atomic E-state index is 0.0414. The van der Waals surface area contributed by atoms with E-state index in [0.29, 0.717) is 36.4 Å². The summed E-state index contributed by atoms with van der Waals surface area (Å²) in [6, 6.07) is 5.94. The summed E-state index contributed by atoms with van der Waals surface area (Å²) in [4.78, 5) is 12.6. The normalized spacial score (nSPS) is 31.6. The van der Waals surface area contributed by atoms with Gasteiger partial charge in [0.1, 0.15) is 0 Å². The van der Waals surface area contributed by atoms with Crippen molar-refractivity contribution in [2.45, 2.75) is 63.7 Å².